The van der Waals surface area contributed by atoms with E-state index in [1.807, 2.05) is 26.8 Å². The van der Waals surface area contributed by atoms with Crippen molar-refractivity contribution in [3.63, 3.8) is 0 Å². The van der Waals surface area contributed by atoms with Crippen molar-refractivity contribution in [2.24, 2.45) is 10.9 Å². The van der Waals surface area contributed by atoms with Gasteiger partial charge in [-0.1, -0.05) is 6.07 Å². The molecule has 1 aliphatic heterocycles. The molecule has 162 valence electrons. The molecule has 1 aliphatic rings. The van der Waals surface area contributed by atoms with Crippen molar-refractivity contribution in [3.05, 3.63) is 47.8 Å². The van der Waals surface area contributed by atoms with Gasteiger partial charge >= 0.3 is 5.97 Å². The van der Waals surface area contributed by atoms with Crippen LogP contribution in [0.3, 0.4) is 0 Å². The number of rotatable bonds is 6. The first-order valence-electron chi connectivity index (χ1n) is 10.5. The predicted molar refractivity (Wildman–Crippen MR) is 114 cm³/mol. The van der Waals surface area contributed by atoms with E-state index in [9.17, 15) is 9.18 Å². The van der Waals surface area contributed by atoms with Crippen molar-refractivity contribution in [2.45, 2.75) is 40.2 Å². The van der Waals surface area contributed by atoms with Crippen LogP contribution in [0.25, 0.3) is 5.69 Å². The highest BCUT2D eigenvalue weighted by Gasteiger charge is 2.28. The molecule has 0 amide bonds. The molecule has 1 atom stereocenters. The maximum absolute atomic E-state index is 14.7. The summed E-state index contributed by atoms with van der Waals surface area (Å²) in [6, 6.07) is 5.14. The number of aromatic nitrogens is 2. The molecule has 0 spiro atoms. The monoisotopic (exact) mass is 415 g/mol. The SMILES string of the molecule is CCNC(=NCc1ccc(-n2ccnc2C)c(F)c1)N1CCCC(C(=O)OCC)C1. The van der Waals surface area contributed by atoms with Crippen molar-refractivity contribution in [2.75, 3.05) is 26.2 Å². The molecule has 7 nitrogen and oxygen atoms in total. The number of esters is 1. The van der Waals surface area contributed by atoms with E-state index in [1.165, 1.54) is 6.07 Å². The maximum atomic E-state index is 14.7. The van der Waals surface area contributed by atoms with Crippen LogP contribution in [0.2, 0.25) is 0 Å². The Bertz CT molecular complexity index is 895. The van der Waals surface area contributed by atoms with E-state index in [4.69, 9.17) is 9.73 Å². The number of aryl methyl sites for hydroxylation is 1. The first kappa shape index (κ1) is 21.8. The number of imidazole rings is 1. The Hall–Kier alpha value is -2.90. The summed E-state index contributed by atoms with van der Waals surface area (Å²) in [6.07, 6.45) is 5.12. The van der Waals surface area contributed by atoms with E-state index < -0.39 is 0 Å². The Morgan fingerprint density at radius 2 is 2.23 bits per heavy atom. The topological polar surface area (TPSA) is 71.8 Å². The number of nitrogens with zero attached hydrogens (tertiary/aromatic N) is 4. The van der Waals surface area contributed by atoms with Gasteiger partial charge in [0.05, 0.1) is 24.8 Å². The lowest BCUT2D eigenvalue weighted by Crippen LogP contribution is -2.48. The van der Waals surface area contributed by atoms with Gasteiger partial charge < -0.3 is 19.5 Å². The Morgan fingerprint density at radius 3 is 2.90 bits per heavy atom. The summed E-state index contributed by atoms with van der Waals surface area (Å²) in [7, 11) is 0. The zero-order chi connectivity index (χ0) is 21.5. The number of guanidine groups is 1. The van der Waals surface area contributed by atoms with Gasteiger partial charge in [-0.25, -0.2) is 14.4 Å². The van der Waals surface area contributed by atoms with Crippen LogP contribution in [0.15, 0.2) is 35.6 Å². The summed E-state index contributed by atoms with van der Waals surface area (Å²) in [4.78, 5) is 23.1. The number of hydrogen-bond donors (Lipinski definition) is 1. The van der Waals surface area contributed by atoms with Gasteiger partial charge in [0.15, 0.2) is 5.96 Å². The van der Waals surface area contributed by atoms with Gasteiger partial charge in [-0.15, -0.1) is 0 Å². The largest absolute Gasteiger partial charge is 0.466 e. The molecule has 1 aromatic heterocycles. The second-order valence-electron chi connectivity index (χ2n) is 7.34. The lowest BCUT2D eigenvalue weighted by Gasteiger charge is -2.34. The summed E-state index contributed by atoms with van der Waals surface area (Å²) >= 11 is 0. The highest BCUT2D eigenvalue weighted by Crippen LogP contribution is 2.20. The molecular formula is C22H30FN5O2. The predicted octanol–water partition coefficient (Wildman–Crippen LogP) is 3.06. The molecule has 1 unspecified atom stereocenters. The molecule has 1 aromatic carbocycles. The molecule has 8 heteroatoms. The number of aliphatic imine (C=N–C) groups is 1. The number of nitrogens with one attached hydrogen (secondary N) is 1. The summed E-state index contributed by atoms with van der Waals surface area (Å²) in [5.41, 5.74) is 1.25. The van der Waals surface area contributed by atoms with Crippen LogP contribution < -0.4 is 5.32 Å². The van der Waals surface area contributed by atoms with Crippen LogP contribution in [0.1, 0.15) is 38.1 Å². The first-order valence-corrected chi connectivity index (χ1v) is 10.5. The second kappa shape index (κ2) is 10.2. The molecule has 0 radical (unpaired) electrons. The van der Waals surface area contributed by atoms with Gasteiger partial charge in [0, 0.05) is 32.0 Å². The molecule has 1 saturated heterocycles. The van der Waals surface area contributed by atoms with E-state index in [-0.39, 0.29) is 17.7 Å². The van der Waals surface area contributed by atoms with Gasteiger partial charge in [-0.2, -0.15) is 0 Å². The fourth-order valence-electron chi connectivity index (χ4n) is 3.69. The Kier molecular flexibility index (Phi) is 7.43. The van der Waals surface area contributed by atoms with Crippen molar-refractivity contribution in [1.29, 1.82) is 0 Å². The van der Waals surface area contributed by atoms with Crippen molar-refractivity contribution in [3.8, 4) is 5.69 Å². The Labute approximate surface area is 177 Å². The quantitative estimate of drug-likeness (QED) is 0.446. The molecular weight excluding hydrogens is 385 g/mol. The van der Waals surface area contributed by atoms with Crippen molar-refractivity contribution in [1.82, 2.24) is 19.8 Å². The van der Waals surface area contributed by atoms with E-state index >= 15 is 0 Å². The van der Waals surface area contributed by atoms with Gasteiger partial charge in [0.25, 0.3) is 0 Å². The number of carbonyl (C=O) groups is 1. The third-order valence-electron chi connectivity index (χ3n) is 5.18. The fraction of sp³-hybridized carbons (Fsp3) is 0.500. The van der Waals surface area contributed by atoms with Gasteiger partial charge in [-0.05, 0) is 51.3 Å². The second-order valence-corrected chi connectivity index (χ2v) is 7.34. The van der Waals surface area contributed by atoms with Gasteiger partial charge in [-0.3, -0.25) is 4.79 Å². The van der Waals surface area contributed by atoms with Crippen LogP contribution in [-0.4, -0.2) is 52.6 Å². The highest BCUT2D eigenvalue weighted by molar-refractivity contribution is 5.81. The summed E-state index contributed by atoms with van der Waals surface area (Å²) in [5, 5.41) is 3.29. The van der Waals surface area contributed by atoms with Crippen LogP contribution in [0.5, 0.6) is 0 Å². The molecule has 2 aromatic rings. The minimum atomic E-state index is -0.311. The molecule has 0 aliphatic carbocycles. The van der Waals surface area contributed by atoms with Crippen molar-refractivity contribution < 1.29 is 13.9 Å². The smallest absolute Gasteiger partial charge is 0.310 e. The van der Waals surface area contributed by atoms with Gasteiger partial charge in [0.1, 0.15) is 11.6 Å². The molecule has 1 N–H and O–H groups in total. The zero-order valence-corrected chi connectivity index (χ0v) is 17.9. The van der Waals surface area contributed by atoms with Crippen LogP contribution >= 0.6 is 0 Å². The standard InChI is InChI=1S/C22H30FN5O2/c1-4-24-22(27-11-6-7-18(15-27)21(29)30-5-2)26-14-17-8-9-20(19(23)13-17)28-12-10-25-16(28)3/h8-10,12-13,18H,4-7,11,14-15H2,1-3H3,(H,24,26). The number of halogens is 1. The number of ether oxygens (including phenoxy) is 1. The average Bonchev–Trinajstić information content (AvgIpc) is 3.17. The Balaban J connectivity index is 1.72. The van der Waals surface area contributed by atoms with Crippen LogP contribution in [-0.2, 0) is 16.1 Å². The number of hydrogen-bond acceptors (Lipinski definition) is 4. The fourth-order valence-corrected chi connectivity index (χ4v) is 3.69. The summed E-state index contributed by atoms with van der Waals surface area (Å²) in [5.74, 6) is 0.870. The molecule has 3 rings (SSSR count). The van der Waals surface area contributed by atoms with E-state index in [0.29, 0.717) is 31.9 Å². The molecule has 30 heavy (non-hydrogen) atoms. The minimum absolute atomic E-state index is 0.141. The van der Waals surface area contributed by atoms with E-state index in [1.54, 1.807) is 23.0 Å². The van der Waals surface area contributed by atoms with Crippen molar-refractivity contribution >= 4 is 11.9 Å². The third-order valence-corrected chi connectivity index (χ3v) is 5.18. The molecule has 2 heterocycles. The van der Waals surface area contributed by atoms with Gasteiger partial charge in [0.2, 0.25) is 0 Å². The summed E-state index contributed by atoms with van der Waals surface area (Å²) < 4.78 is 21.6. The van der Waals surface area contributed by atoms with Crippen LogP contribution in [0, 0.1) is 18.7 Å². The third kappa shape index (κ3) is 5.17. The van der Waals surface area contributed by atoms with E-state index in [0.717, 1.165) is 36.7 Å². The van der Waals surface area contributed by atoms with Crippen LogP contribution in [0.4, 0.5) is 4.39 Å². The molecule has 0 saturated carbocycles. The lowest BCUT2D eigenvalue weighted by atomic mass is 9.98. The minimum Gasteiger partial charge on any atom is -0.466 e. The lowest BCUT2D eigenvalue weighted by molar-refractivity contribution is -0.149. The summed E-state index contributed by atoms with van der Waals surface area (Å²) in [6.45, 7) is 8.53. The number of piperidine rings is 1. The highest BCUT2D eigenvalue weighted by atomic mass is 19.1. The molecule has 0 bridgehead atoms. The maximum Gasteiger partial charge on any atom is 0.310 e. The Morgan fingerprint density at radius 1 is 1.40 bits per heavy atom. The van der Waals surface area contributed by atoms with E-state index in [2.05, 4.69) is 15.2 Å². The average molecular weight is 416 g/mol. The number of likely N-dealkylation sites (tertiary alicyclic amines) is 1. The first-order chi connectivity index (χ1) is 14.5. The number of carbonyl (C=O) groups excluding carboxylic acids is 1. The normalized spacial score (nSPS) is 17.1. The number of benzene rings is 1. The zero-order valence-electron chi connectivity index (χ0n) is 17.9. The molecule has 1 fully saturated rings.